The number of ether oxygens (including phenoxy) is 2. The highest BCUT2D eigenvalue weighted by atomic mass is 35.5. The first-order valence-electron chi connectivity index (χ1n) is 10.3. The first kappa shape index (κ1) is 23.2. The zero-order valence-corrected chi connectivity index (χ0v) is 18.1. The number of amides is 1. The van der Waals surface area contributed by atoms with Crippen LogP contribution in [0.5, 0.6) is 11.5 Å². The summed E-state index contributed by atoms with van der Waals surface area (Å²) in [7, 11) is 0. The van der Waals surface area contributed by atoms with E-state index in [1.54, 1.807) is 18.2 Å². The van der Waals surface area contributed by atoms with E-state index in [1.807, 2.05) is 13.8 Å². The predicted octanol–water partition coefficient (Wildman–Crippen LogP) is 5.05. The molecule has 6 nitrogen and oxygen atoms in total. The molecule has 1 saturated carbocycles. The van der Waals surface area contributed by atoms with Gasteiger partial charge in [-0.2, -0.15) is 18.3 Å². The number of carbonyl (C=O) groups excluding carboxylic acids is 1. The molecule has 0 saturated heterocycles. The fourth-order valence-electron chi connectivity index (χ4n) is 3.28. The fourth-order valence-corrected chi connectivity index (χ4v) is 3.67. The maximum Gasteiger partial charge on any atom is 0.436 e. The van der Waals surface area contributed by atoms with E-state index < -0.39 is 11.9 Å². The van der Waals surface area contributed by atoms with Crippen molar-refractivity contribution in [2.75, 3.05) is 19.8 Å². The summed E-state index contributed by atoms with van der Waals surface area (Å²) in [5.41, 5.74) is -0.196. The number of carbonyl (C=O) groups is 1. The smallest absolute Gasteiger partial charge is 0.436 e. The molecule has 0 bridgehead atoms. The molecule has 1 aliphatic rings. The highest BCUT2D eigenvalue weighted by Gasteiger charge is 2.41. The van der Waals surface area contributed by atoms with Crippen LogP contribution >= 0.6 is 11.6 Å². The Morgan fingerprint density at radius 2 is 1.90 bits per heavy atom. The summed E-state index contributed by atoms with van der Waals surface area (Å²) in [6.45, 7) is 5.11. The zero-order chi connectivity index (χ0) is 22.6. The van der Waals surface area contributed by atoms with Gasteiger partial charge in [-0.25, -0.2) is 0 Å². The molecule has 0 radical (unpaired) electrons. The highest BCUT2D eigenvalue weighted by molar-refractivity contribution is 6.32. The van der Waals surface area contributed by atoms with Crippen molar-refractivity contribution in [1.82, 2.24) is 15.1 Å². The number of alkyl halides is 3. The first-order chi connectivity index (χ1) is 14.8. The number of hydrogen-bond donors (Lipinski definition) is 1. The number of rotatable bonds is 10. The van der Waals surface area contributed by atoms with E-state index in [9.17, 15) is 18.0 Å². The molecule has 1 heterocycles. The summed E-state index contributed by atoms with van der Waals surface area (Å²) < 4.78 is 51.8. The highest BCUT2D eigenvalue weighted by Crippen LogP contribution is 2.46. The lowest BCUT2D eigenvalue weighted by Crippen LogP contribution is -2.25. The lowest BCUT2D eigenvalue weighted by atomic mass is 10.2. The van der Waals surface area contributed by atoms with Crippen LogP contribution in [-0.2, 0) is 12.7 Å². The van der Waals surface area contributed by atoms with Crippen LogP contribution in [0.1, 0.15) is 60.8 Å². The van der Waals surface area contributed by atoms with Crippen molar-refractivity contribution in [3.8, 4) is 11.5 Å². The Balaban J connectivity index is 1.60. The van der Waals surface area contributed by atoms with Crippen molar-refractivity contribution >= 4 is 17.5 Å². The van der Waals surface area contributed by atoms with E-state index in [-0.39, 0.29) is 29.9 Å². The number of benzene rings is 1. The van der Waals surface area contributed by atoms with Gasteiger partial charge in [0.2, 0.25) is 0 Å². The Morgan fingerprint density at radius 3 is 2.52 bits per heavy atom. The molecule has 2 aromatic rings. The quantitative estimate of drug-likeness (QED) is 0.505. The monoisotopic (exact) mass is 459 g/mol. The summed E-state index contributed by atoms with van der Waals surface area (Å²) in [6.07, 6.45) is -2.57. The van der Waals surface area contributed by atoms with Gasteiger partial charge in [-0.15, -0.1) is 0 Å². The molecule has 1 aromatic heterocycles. The molecule has 1 fully saturated rings. The van der Waals surface area contributed by atoms with Crippen molar-refractivity contribution in [3.63, 3.8) is 0 Å². The van der Waals surface area contributed by atoms with Gasteiger partial charge in [-0.1, -0.05) is 11.6 Å². The van der Waals surface area contributed by atoms with Gasteiger partial charge in [0, 0.05) is 24.6 Å². The van der Waals surface area contributed by atoms with Gasteiger partial charge in [0.25, 0.3) is 5.91 Å². The standard InChI is InChI=1S/C21H25ClF3N3O3/c1-3-30-15-9-8-14(12-16(15)31-4-2)20(29)26-10-5-11-28-18(13-6-7-13)17(22)19(27-28)21(23,24)25/h8-9,12-13H,3-7,10-11H2,1-2H3,(H,26,29). The minimum absolute atomic E-state index is 0.0199. The molecule has 1 aromatic carbocycles. The van der Waals surface area contributed by atoms with E-state index in [2.05, 4.69) is 10.4 Å². The van der Waals surface area contributed by atoms with Crippen molar-refractivity contribution < 1.29 is 27.4 Å². The minimum atomic E-state index is -4.59. The molecule has 1 N–H and O–H groups in total. The second-order valence-corrected chi connectivity index (χ2v) is 7.56. The second-order valence-electron chi connectivity index (χ2n) is 7.18. The summed E-state index contributed by atoms with van der Waals surface area (Å²) in [4.78, 5) is 12.5. The van der Waals surface area contributed by atoms with Gasteiger partial charge >= 0.3 is 6.18 Å². The summed E-state index contributed by atoms with van der Waals surface area (Å²) in [6, 6.07) is 4.92. The first-order valence-corrected chi connectivity index (χ1v) is 10.6. The van der Waals surface area contributed by atoms with E-state index >= 15 is 0 Å². The largest absolute Gasteiger partial charge is 0.490 e. The number of aromatic nitrogens is 2. The summed E-state index contributed by atoms with van der Waals surface area (Å²) in [5, 5.41) is 6.16. The number of hydrogen-bond acceptors (Lipinski definition) is 4. The van der Waals surface area contributed by atoms with Crippen LogP contribution in [0.3, 0.4) is 0 Å². The van der Waals surface area contributed by atoms with Crippen LogP contribution in [-0.4, -0.2) is 35.4 Å². The van der Waals surface area contributed by atoms with E-state index in [0.717, 1.165) is 12.8 Å². The van der Waals surface area contributed by atoms with Crippen LogP contribution in [0.25, 0.3) is 0 Å². The molecular weight excluding hydrogens is 435 g/mol. The van der Waals surface area contributed by atoms with E-state index in [4.69, 9.17) is 21.1 Å². The average molecular weight is 460 g/mol. The van der Waals surface area contributed by atoms with Gasteiger partial charge in [-0.3, -0.25) is 9.48 Å². The average Bonchev–Trinajstić information content (AvgIpc) is 3.48. The normalized spacial score (nSPS) is 13.9. The Hall–Kier alpha value is -2.42. The van der Waals surface area contributed by atoms with Crippen molar-refractivity contribution in [2.24, 2.45) is 0 Å². The van der Waals surface area contributed by atoms with Gasteiger partial charge < -0.3 is 14.8 Å². The van der Waals surface area contributed by atoms with Gasteiger partial charge in [0.15, 0.2) is 17.2 Å². The van der Waals surface area contributed by atoms with E-state index in [1.165, 1.54) is 4.68 Å². The second kappa shape index (κ2) is 9.80. The lowest BCUT2D eigenvalue weighted by molar-refractivity contribution is -0.141. The maximum atomic E-state index is 13.1. The van der Waals surface area contributed by atoms with Crippen LogP contribution in [0, 0.1) is 0 Å². The number of nitrogens with zero attached hydrogens (tertiary/aromatic N) is 2. The fraction of sp³-hybridized carbons (Fsp3) is 0.524. The zero-order valence-electron chi connectivity index (χ0n) is 17.4. The molecule has 3 rings (SSSR count). The minimum Gasteiger partial charge on any atom is -0.490 e. The van der Waals surface area contributed by atoms with Gasteiger partial charge in [0.05, 0.1) is 23.9 Å². The van der Waals surface area contributed by atoms with E-state index in [0.29, 0.717) is 42.4 Å². The summed E-state index contributed by atoms with van der Waals surface area (Å²) in [5.74, 6) is 0.758. The van der Waals surface area contributed by atoms with Gasteiger partial charge in [-0.05, 0) is 51.3 Å². The molecule has 1 amide bonds. The molecule has 0 atom stereocenters. The van der Waals surface area contributed by atoms with Gasteiger partial charge in [0.1, 0.15) is 0 Å². The molecule has 170 valence electrons. The Morgan fingerprint density at radius 1 is 1.23 bits per heavy atom. The van der Waals surface area contributed by atoms with Crippen molar-refractivity contribution in [2.45, 2.75) is 51.7 Å². The van der Waals surface area contributed by atoms with Crippen LogP contribution < -0.4 is 14.8 Å². The Labute approximate surface area is 183 Å². The molecule has 1 aliphatic carbocycles. The predicted molar refractivity (Wildman–Crippen MR) is 110 cm³/mol. The SMILES string of the molecule is CCOc1ccc(C(=O)NCCCn2nc(C(F)(F)F)c(Cl)c2C2CC2)cc1OCC. The molecule has 31 heavy (non-hydrogen) atoms. The van der Waals surface area contributed by atoms with Crippen LogP contribution in [0.4, 0.5) is 13.2 Å². The van der Waals surface area contributed by atoms with Crippen molar-refractivity contribution in [3.05, 3.63) is 40.2 Å². The third-order valence-corrected chi connectivity index (χ3v) is 5.17. The molecule has 0 unspecified atom stereocenters. The molecule has 0 aliphatic heterocycles. The lowest BCUT2D eigenvalue weighted by Gasteiger charge is -2.12. The number of halogens is 4. The third kappa shape index (κ3) is 5.64. The third-order valence-electron chi connectivity index (χ3n) is 4.80. The topological polar surface area (TPSA) is 65.4 Å². The number of aryl methyl sites for hydroxylation is 1. The van der Waals surface area contributed by atoms with Crippen molar-refractivity contribution in [1.29, 1.82) is 0 Å². The molecule has 0 spiro atoms. The molecular formula is C21H25ClF3N3O3. The summed E-state index contributed by atoms with van der Waals surface area (Å²) >= 11 is 5.97. The Bertz CT molecular complexity index is 927. The Kier molecular flexibility index (Phi) is 7.35. The van der Waals surface area contributed by atoms with Crippen LogP contribution in [0.2, 0.25) is 5.02 Å². The molecule has 10 heteroatoms. The number of nitrogens with one attached hydrogen (secondary N) is 1. The van der Waals surface area contributed by atoms with Crippen LogP contribution in [0.15, 0.2) is 18.2 Å². The maximum absolute atomic E-state index is 13.1.